The molecule has 0 fully saturated rings. The van der Waals surface area contributed by atoms with Crippen LogP contribution in [-0.4, -0.2) is 4.98 Å². The van der Waals surface area contributed by atoms with Gasteiger partial charge >= 0.3 is 0 Å². The second-order valence-electron chi connectivity index (χ2n) is 9.29. The van der Waals surface area contributed by atoms with E-state index < -0.39 is 0 Å². The average molecular weight is 489 g/mol. The first-order chi connectivity index (χ1) is 18.8. The summed E-state index contributed by atoms with van der Waals surface area (Å²) in [6, 6.07) is 48.6. The Morgan fingerprint density at radius 1 is 0.447 bits per heavy atom. The molecule has 3 nitrogen and oxygen atoms in total. The molecule has 2 heterocycles. The van der Waals surface area contributed by atoms with Gasteiger partial charge in [-0.1, -0.05) is 84.9 Å². The number of hydrogen-bond acceptors (Lipinski definition) is 3. The van der Waals surface area contributed by atoms with Gasteiger partial charge in [0.05, 0.1) is 0 Å². The van der Waals surface area contributed by atoms with Gasteiger partial charge in [-0.2, -0.15) is 0 Å². The molecule has 0 saturated heterocycles. The lowest BCUT2D eigenvalue weighted by molar-refractivity contribution is 0.668. The third-order valence-corrected chi connectivity index (χ3v) is 6.93. The van der Waals surface area contributed by atoms with Crippen molar-refractivity contribution in [3.8, 4) is 22.3 Å². The lowest BCUT2D eigenvalue weighted by Gasteiger charge is -2.26. The Bertz CT molecular complexity index is 1760. The number of fused-ring (bicyclic) bond motifs is 3. The van der Waals surface area contributed by atoms with E-state index in [1.165, 1.54) is 22.3 Å². The Morgan fingerprint density at radius 3 is 1.55 bits per heavy atom. The maximum Gasteiger partial charge on any atom is 0.153 e. The lowest BCUT2D eigenvalue weighted by atomic mass is 10.0. The minimum atomic E-state index is 0.797. The largest absolute Gasteiger partial charge is 0.454 e. The van der Waals surface area contributed by atoms with Crippen LogP contribution in [0.15, 0.2) is 150 Å². The maximum absolute atomic E-state index is 6.05. The molecular weight excluding hydrogens is 464 g/mol. The first-order valence-electron chi connectivity index (χ1n) is 12.7. The minimum Gasteiger partial charge on any atom is -0.454 e. The van der Waals surface area contributed by atoms with Crippen LogP contribution in [0, 0.1) is 0 Å². The Morgan fingerprint density at radius 2 is 0.974 bits per heavy atom. The molecule has 0 N–H and O–H groups in total. The van der Waals surface area contributed by atoms with Gasteiger partial charge in [-0.05, 0) is 76.9 Å². The van der Waals surface area contributed by atoms with Gasteiger partial charge in [-0.25, -0.2) is 0 Å². The molecule has 0 aliphatic carbocycles. The fraction of sp³-hybridized carbons (Fsp3) is 0. The van der Waals surface area contributed by atoms with Crippen molar-refractivity contribution in [1.29, 1.82) is 0 Å². The molecule has 2 aromatic heterocycles. The highest BCUT2D eigenvalue weighted by Crippen LogP contribution is 2.39. The lowest BCUT2D eigenvalue weighted by Crippen LogP contribution is -2.09. The van der Waals surface area contributed by atoms with Crippen molar-refractivity contribution in [2.24, 2.45) is 0 Å². The fourth-order valence-electron chi connectivity index (χ4n) is 5.04. The quantitative estimate of drug-likeness (QED) is 0.241. The molecule has 0 bridgehead atoms. The van der Waals surface area contributed by atoms with Crippen molar-refractivity contribution in [3.05, 3.63) is 146 Å². The Hall–Kier alpha value is -5.15. The van der Waals surface area contributed by atoms with Gasteiger partial charge in [0.2, 0.25) is 0 Å². The van der Waals surface area contributed by atoms with Crippen molar-refractivity contribution < 1.29 is 4.42 Å². The van der Waals surface area contributed by atoms with Crippen LogP contribution in [0.2, 0.25) is 0 Å². The van der Waals surface area contributed by atoms with Gasteiger partial charge in [0.15, 0.2) is 5.58 Å². The SMILES string of the molecule is c1ccc(-c2ccc(N(c3ccc(-c4ccccc4)cc3)c3ccc4oc5cccnc5c4c3)cc2)cc1. The van der Waals surface area contributed by atoms with E-state index in [1.807, 2.05) is 36.5 Å². The molecule has 0 aliphatic heterocycles. The van der Waals surface area contributed by atoms with Crippen molar-refractivity contribution in [1.82, 2.24) is 4.98 Å². The number of pyridine rings is 1. The highest BCUT2D eigenvalue weighted by Gasteiger charge is 2.16. The molecule has 0 aliphatic rings. The highest BCUT2D eigenvalue weighted by molar-refractivity contribution is 6.04. The standard InChI is InChI=1S/C35H24N2O/c1-3-8-25(9-4-1)27-13-17-29(18-14-27)37(30-19-15-28(16-20-30)26-10-5-2-6-11-26)31-21-22-33-32(24-31)35-34(38-33)12-7-23-36-35/h1-24H. The minimum absolute atomic E-state index is 0.797. The smallest absolute Gasteiger partial charge is 0.153 e. The van der Waals surface area contributed by atoms with E-state index in [0.717, 1.165) is 39.1 Å². The molecule has 7 rings (SSSR count). The fourth-order valence-corrected chi connectivity index (χ4v) is 5.04. The van der Waals surface area contributed by atoms with E-state index >= 15 is 0 Å². The topological polar surface area (TPSA) is 29.3 Å². The van der Waals surface area contributed by atoms with E-state index in [2.05, 4.69) is 119 Å². The predicted octanol–water partition coefficient (Wildman–Crippen LogP) is 9.78. The molecular formula is C35H24N2O. The molecule has 38 heavy (non-hydrogen) atoms. The van der Waals surface area contributed by atoms with Crippen LogP contribution in [0.1, 0.15) is 0 Å². The van der Waals surface area contributed by atoms with Gasteiger partial charge < -0.3 is 9.32 Å². The number of anilines is 3. The molecule has 180 valence electrons. The number of nitrogens with zero attached hydrogens (tertiary/aromatic N) is 2. The molecule has 0 amide bonds. The second-order valence-corrected chi connectivity index (χ2v) is 9.29. The third-order valence-electron chi connectivity index (χ3n) is 6.93. The average Bonchev–Trinajstić information content (AvgIpc) is 3.37. The summed E-state index contributed by atoms with van der Waals surface area (Å²) < 4.78 is 6.05. The Balaban J connectivity index is 1.35. The summed E-state index contributed by atoms with van der Waals surface area (Å²) in [5, 5.41) is 1.00. The molecule has 5 aromatic carbocycles. The second kappa shape index (κ2) is 9.38. The number of furan rings is 1. The van der Waals surface area contributed by atoms with E-state index in [0.29, 0.717) is 0 Å². The van der Waals surface area contributed by atoms with Gasteiger partial charge in [-0.3, -0.25) is 4.98 Å². The zero-order valence-corrected chi connectivity index (χ0v) is 20.7. The summed E-state index contributed by atoms with van der Waals surface area (Å²) in [6.07, 6.45) is 1.81. The molecule has 7 aromatic rings. The van der Waals surface area contributed by atoms with E-state index in [1.54, 1.807) is 0 Å². The molecule has 3 heteroatoms. The van der Waals surface area contributed by atoms with Crippen molar-refractivity contribution in [2.45, 2.75) is 0 Å². The van der Waals surface area contributed by atoms with Gasteiger partial charge in [0.1, 0.15) is 11.1 Å². The molecule has 0 radical (unpaired) electrons. The zero-order chi connectivity index (χ0) is 25.3. The van der Waals surface area contributed by atoms with Crippen LogP contribution in [0.3, 0.4) is 0 Å². The van der Waals surface area contributed by atoms with Crippen molar-refractivity contribution in [3.63, 3.8) is 0 Å². The molecule has 0 unspecified atom stereocenters. The summed E-state index contributed by atoms with van der Waals surface area (Å²) in [6.45, 7) is 0. The van der Waals surface area contributed by atoms with Crippen LogP contribution in [0.5, 0.6) is 0 Å². The monoisotopic (exact) mass is 488 g/mol. The first kappa shape index (κ1) is 22.1. The summed E-state index contributed by atoms with van der Waals surface area (Å²) in [4.78, 5) is 6.88. The summed E-state index contributed by atoms with van der Waals surface area (Å²) in [5.74, 6) is 0. The van der Waals surface area contributed by atoms with Crippen LogP contribution in [0.4, 0.5) is 17.1 Å². The van der Waals surface area contributed by atoms with Crippen molar-refractivity contribution in [2.75, 3.05) is 4.90 Å². The first-order valence-corrected chi connectivity index (χ1v) is 12.7. The molecule has 0 spiro atoms. The predicted molar refractivity (Wildman–Crippen MR) is 157 cm³/mol. The third kappa shape index (κ3) is 4.00. The van der Waals surface area contributed by atoms with Crippen LogP contribution in [0.25, 0.3) is 44.3 Å². The highest BCUT2D eigenvalue weighted by atomic mass is 16.3. The number of benzene rings is 5. The maximum atomic E-state index is 6.05. The Kier molecular flexibility index (Phi) is 5.45. The zero-order valence-electron chi connectivity index (χ0n) is 20.7. The molecule has 0 saturated carbocycles. The number of rotatable bonds is 5. The van der Waals surface area contributed by atoms with Gasteiger partial charge in [0, 0.05) is 28.6 Å². The Labute approximate surface area is 221 Å². The van der Waals surface area contributed by atoms with Crippen LogP contribution < -0.4 is 4.90 Å². The van der Waals surface area contributed by atoms with Crippen molar-refractivity contribution >= 4 is 39.1 Å². The van der Waals surface area contributed by atoms with Gasteiger partial charge in [-0.15, -0.1) is 0 Å². The van der Waals surface area contributed by atoms with E-state index in [9.17, 15) is 0 Å². The summed E-state index contributed by atoms with van der Waals surface area (Å²) >= 11 is 0. The van der Waals surface area contributed by atoms with Crippen LogP contribution in [-0.2, 0) is 0 Å². The van der Waals surface area contributed by atoms with Gasteiger partial charge in [0.25, 0.3) is 0 Å². The van der Waals surface area contributed by atoms with Crippen LogP contribution >= 0.6 is 0 Å². The normalized spacial score (nSPS) is 11.2. The summed E-state index contributed by atoms with van der Waals surface area (Å²) in [7, 11) is 0. The molecule has 0 atom stereocenters. The number of hydrogen-bond donors (Lipinski definition) is 0. The van der Waals surface area contributed by atoms with E-state index in [4.69, 9.17) is 4.42 Å². The number of aromatic nitrogens is 1. The summed E-state index contributed by atoms with van der Waals surface area (Å²) in [5.41, 5.74) is 10.5. The van der Waals surface area contributed by atoms with E-state index in [-0.39, 0.29) is 0 Å².